The lowest BCUT2D eigenvalue weighted by Crippen LogP contribution is -2.28. The lowest BCUT2D eigenvalue weighted by Gasteiger charge is -2.25. The topological polar surface area (TPSA) is 64.0 Å². The van der Waals surface area contributed by atoms with Crippen molar-refractivity contribution in [3.8, 4) is 0 Å². The molecular formula is C13H23N3O2S. The van der Waals surface area contributed by atoms with E-state index < -0.39 is 9.84 Å². The lowest BCUT2D eigenvalue weighted by molar-refractivity contribution is 0.472. The number of aromatic nitrogens is 2. The molecule has 0 amide bonds. The standard InChI is InChI=1S/C13H23N3O2S/c1-10(2)7-14-13-15-11(3)8-16(13)12-5-4-6-19(17,18)9-12/h8,10,12H,4-7,9H2,1-3H3,(H,14,15). The Morgan fingerprint density at radius 1 is 1.53 bits per heavy atom. The summed E-state index contributed by atoms with van der Waals surface area (Å²) in [7, 11) is -2.90. The molecule has 1 N–H and O–H groups in total. The molecule has 5 nitrogen and oxygen atoms in total. The van der Waals surface area contributed by atoms with Crippen LogP contribution in [0.25, 0.3) is 0 Å². The Kier molecular flexibility index (Phi) is 4.18. The summed E-state index contributed by atoms with van der Waals surface area (Å²) >= 11 is 0. The van der Waals surface area contributed by atoms with Gasteiger partial charge in [0.05, 0.1) is 23.2 Å². The second kappa shape index (κ2) is 5.53. The van der Waals surface area contributed by atoms with Gasteiger partial charge in [0.2, 0.25) is 5.95 Å². The van der Waals surface area contributed by atoms with Crippen molar-refractivity contribution in [2.24, 2.45) is 5.92 Å². The van der Waals surface area contributed by atoms with E-state index in [0.29, 0.717) is 11.7 Å². The molecule has 1 atom stereocenters. The van der Waals surface area contributed by atoms with Gasteiger partial charge in [-0.05, 0) is 25.7 Å². The molecule has 0 saturated carbocycles. The van der Waals surface area contributed by atoms with Gasteiger partial charge in [0.25, 0.3) is 0 Å². The number of aryl methyl sites for hydroxylation is 1. The molecule has 1 aromatic rings. The highest BCUT2D eigenvalue weighted by atomic mass is 32.2. The van der Waals surface area contributed by atoms with E-state index in [0.717, 1.165) is 31.0 Å². The Balaban J connectivity index is 2.19. The van der Waals surface area contributed by atoms with Gasteiger partial charge < -0.3 is 9.88 Å². The molecule has 1 fully saturated rings. The Bertz CT molecular complexity index is 534. The van der Waals surface area contributed by atoms with Crippen molar-refractivity contribution >= 4 is 15.8 Å². The van der Waals surface area contributed by atoms with Crippen LogP contribution in [0.5, 0.6) is 0 Å². The van der Waals surface area contributed by atoms with E-state index in [-0.39, 0.29) is 11.8 Å². The zero-order chi connectivity index (χ0) is 14.0. The highest BCUT2D eigenvalue weighted by Crippen LogP contribution is 2.26. The molecule has 108 valence electrons. The van der Waals surface area contributed by atoms with Crippen LogP contribution >= 0.6 is 0 Å². The van der Waals surface area contributed by atoms with Gasteiger partial charge in [0.1, 0.15) is 0 Å². The maximum atomic E-state index is 11.8. The minimum Gasteiger partial charge on any atom is -0.355 e. The molecule has 1 aliphatic rings. The molecule has 1 aromatic heterocycles. The van der Waals surface area contributed by atoms with E-state index >= 15 is 0 Å². The molecule has 2 rings (SSSR count). The molecule has 19 heavy (non-hydrogen) atoms. The third-order valence-corrected chi connectivity index (χ3v) is 5.16. The highest BCUT2D eigenvalue weighted by Gasteiger charge is 2.27. The Morgan fingerprint density at radius 2 is 2.26 bits per heavy atom. The number of nitrogens with zero attached hydrogens (tertiary/aromatic N) is 2. The molecule has 6 heteroatoms. The first kappa shape index (κ1) is 14.4. The lowest BCUT2D eigenvalue weighted by atomic mass is 10.2. The van der Waals surface area contributed by atoms with Crippen LogP contribution in [0.3, 0.4) is 0 Å². The minimum absolute atomic E-state index is 0.0228. The number of hydrogen-bond acceptors (Lipinski definition) is 4. The summed E-state index contributed by atoms with van der Waals surface area (Å²) in [5.74, 6) is 1.89. The number of sulfone groups is 1. The van der Waals surface area contributed by atoms with Crippen molar-refractivity contribution in [1.29, 1.82) is 0 Å². The molecule has 2 heterocycles. The predicted molar refractivity (Wildman–Crippen MR) is 77.2 cm³/mol. The first-order chi connectivity index (χ1) is 8.87. The summed E-state index contributed by atoms with van der Waals surface area (Å²) in [6.07, 6.45) is 3.60. The third-order valence-electron chi connectivity index (χ3n) is 3.35. The Hall–Kier alpha value is -1.04. The molecule has 0 aliphatic carbocycles. The van der Waals surface area contributed by atoms with Crippen molar-refractivity contribution < 1.29 is 8.42 Å². The van der Waals surface area contributed by atoms with E-state index in [1.165, 1.54) is 0 Å². The highest BCUT2D eigenvalue weighted by molar-refractivity contribution is 7.91. The number of nitrogens with one attached hydrogen (secondary N) is 1. The van der Waals surface area contributed by atoms with Gasteiger partial charge in [0.15, 0.2) is 9.84 Å². The number of anilines is 1. The van der Waals surface area contributed by atoms with Crippen LogP contribution < -0.4 is 5.32 Å². The maximum absolute atomic E-state index is 11.8. The number of imidazole rings is 1. The van der Waals surface area contributed by atoms with E-state index in [1.807, 2.05) is 17.7 Å². The molecule has 1 unspecified atom stereocenters. The normalized spacial score (nSPS) is 22.6. The van der Waals surface area contributed by atoms with Gasteiger partial charge in [-0.15, -0.1) is 0 Å². The Morgan fingerprint density at radius 3 is 2.89 bits per heavy atom. The van der Waals surface area contributed by atoms with Gasteiger partial charge >= 0.3 is 0 Å². The van der Waals surface area contributed by atoms with E-state index in [9.17, 15) is 8.42 Å². The van der Waals surface area contributed by atoms with Gasteiger partial charge in [-0.1, -0.05) is 13.8 Å². The van der Waals surface area contributed by atoms with Crippen LogP contribution in [0.4, 0.5) is 5.95 Å². The van der Waals surface area contributed by atoms with Gasteiger partial charge in [-0.2, -0.15) is 0 Å². The monoisotopic (exact) mass is 285 g/mol. The fourth-order valence-corrected chi connectivity index (χ4v) is 4.13. The van der Waals surface area contributed by atoms with Crippen molar-refractivity contribution in [1.82, 2.24) is 9.55 Å². The van der Waals surface area contributed by atoms with Crippen LogP contribution in [-0.2, 0) is 9.84 Å². The first-order valence-electron chi connectivity index (χ1n) is 6.87. The first-order valence-corrected chi connectivity index (χ1v) is 8.69. The molecule has 0 radical (unpaired) electrons. The second-order valence-electron chi connectivity index (χ2n) is 5.80. The molecule has 0 bridgehead atoms. The summed E-state index contributed by atoms with van der Waals surface area (Å²) in [4.78, 5) is 4.46. The predicted octanol–water partition coefficient (Wildman–Crippen LogP) is 2.01. The van der Waals surface area contributed by atoms with E-state index in [4.69, 9.17) is 0 Å². The fraction of sp³-hybridized carbons (Fsp3) is 0.769. The summed E-state index contributed by atoms with van der Waals surface area (Å²) in [5.41, 5.74) is 0.925. The average molecular weight is 285 g/mol. The van der Waals surface area contributed by atoms with Crippen LogP contribution in [0.1, 0.15) is 38.4 Å². The van der Waals surface area contributed by atoms with Crippen molar-refractivity contribution in [3.63, 3.8) is 0 Å². The Labute approximate surface area is 115 Å². The van der Waals surface area contributed by atoms with E-state index in [1.54, 1.807) is 0 Å². The molecule has 1 saturated heterocycles. The van der Waals surface area contributed by atoms with Gasteiger partial charge in [-0.25, -0.2) is 13.4 Å². The zero-order valence-electron chi connectivity index (χ0n) is 11.9. The van der Waals surface area contributed by atoms with Crippen LogP contribution in [-0.4, -0.2) is 36.0 Å². The summed E-state index contributed by atoms with van der Waals surface area (Å²) < 4.78 is 25.5. The number of rotatable bonds is 4. The van der Waals surface area contributed by atoms with Crippen molar-refractivity contribution in [2.45, 2.75) is 39.7 Å². The molecule has 0 aromatic carbocycles. The van der Waals surface area contributed by atoms with Gasteiger partial charge in [-0.3, -0.25) is 0 Å². The summed E-state index contributed by atoms with van der Waals surface area (Å²) in [6, 6.07) is 0.0228. The SMILES string of the molecule is Cc1cn(C2CCCS(=O)(=O)C2)c(NCC(C)C)n1. The quantitative estimate of drug-likeness (QED) is 0.919. The second-order valence-corrected chi connectivity index (χ2v) is 8.03. The summed E-state index contributed by atoms with van der Waals surface area (Å²) in [6.45, 7) is 7.06. The van der Waals surface area contributed by atoms with E-state index in [2.05, 4.69) is 24.1 Å². The van der Waals surface area contributed by atoms with Crippen molar-refractivity contribution in [2.75, 3.05) is 23.4 Å². The third kappa shape index (κ3) is 3.72. The smallest absolute Gasteiger partial charge is 0.203 e. The van der Waals surface area contributed by atoms with Crippen LogP contribution in [0, 0.1) is 12.8 Å². The maximum Gasteiger partial charge on any atom is 0.203 e. The van der Waals surface area contributed by atoms with Crippen LogP contribution in [0.2, 0.25) is 0 Å². The number of hydrogen-bond donors (Lipinski definition) is 1. The minimum atomic E-state index is -2.90. The average Bonchev–Trinajstić information content (AvgIpc) is 2.66. The van der Waals surface area contributed by atoms with Gasteiger partial charge in [0, 0.05) is 12.7 Å². The van der Waals surface area contributed by atoms with Crippen LogP contribution in [0.15, 0.2) is 6.20 Å². The largest absolute Gasteiger partial charge is 0.355 e. The fourth-order valence-electron chi connectivity index (χ4n) is 2.44. The molecular weight excluding hydrogens is 262 g/mol. The molecule has 0 spiro atoms. The summed E-state index contributed by atoms with van der Waals surface area (Å²) in [5, 5.41) is 3.32. The van der Waals surface area contributed by atoms with Crippen molar-refractivity contribution in [3.05, 3.63) is 11.9 Å². The molecule has 1 aliphatic heterocycles. The zero-order valence-corrected chi connectivity index (χ0v) is 12.7.